The van der Waals surface area contributed by atoms with E-state index in [1.807, 2.05) is 0 Å². The summed E-state index contributed by atoms with van der Waals surface area (Å²) >= 11 is 3.40. The van der Waals surface area contributed by atoms with Crippen molar-refractivity contribution >= 4 is 22.2 Å². The van der Waals surface area contributed by atoms with Crippen LogP contribution < -0.4 is 9.47 Å². The molecule has 5 heteroatoms. The van der Waals surface area contributed by atoms with Gasteiger partial charge in [-0.05, 0) is 52.9 Å². The highest BCUT2D eigenvalue weighted by molar-refractivity contribution is 9.10. The van der Waals surface area contributed by atoms with E-state index in [4.69, 9.17) is 14.7 Å². The molecule has 1 aliphatic carbocycles. The molecule has 0 bridgehead atoms. The Bertz CT molecular complexity index is 604. The van der Waals surface area contributed by atoms with Crippen LogP contribution >= 0.6 is 15.9 Å². The number of hydrogen-bond donors (Lipinski definition) is 0. The topological polar surface area (TPSA) is 59.3 Å². The van der Waals surface area contributed by atoms with E-state index in [0.717, 1.165) is 31.1 Å². The standard InChI is InChI=1S/C16H16BrNO3/c1-20-14-7-6-12(10-19)15(17)16(14)21-13-5-3-2-4-11(13)8-9-18/h4,6-7,10,13H,2-3,5,8H2,1H3/t13-/m0/s1. The second kappa shape index (κ2) is 7.28. The molecule has 110 valence electrons. The van der Waals surface area contributed by atoms with E-state index in [2.05, 4.69) is 28.1 Å². The summed E-state index contributed by atoms with van der Waals surface area (Å²) in [5.41, 5.74) is 1.50. The second-order valence-corrected chi connectivity index (χ2v) is 5.56. The maximum absolute atomic E-state index is 11.1. The van der Waals surface area contributed by atoms with Crippen molar-refractivity contribution in [3.63, 3.8) is 0 Å². The van der Waals surface area contributed by atoms with Crippen LogP contribution in [0.5, 0.6) is 11.5 Å². The van der Waals surface area contributed by atoms with Gasteiger partial charge in [0.05, 0.1) is 24.1 Å². The predicted octanol–water partition coefficient (Wildman–Crippen LogP) is 4.04. The number of aldehydes is 1. The van der Waals surface area contributed by atoms with Gasteiger partial charge in [0.1, 0.15) is 6.10 Å². The van der Waals surface area contributed by atoms with E-state index in [0.29, 0.717) is 28.0 Å². The van der Waals surface area contributed by atoms with Gasteiger partial charge in [-0.2, -0.15) is 5.26 Å². The van der Waals surface area contributed by atoms with Crippen molar-refractivity contribution in [1.29, 1.82) is 5.26 Å². The fourth-order valence-corrected chi connectivity index (χ4v) is 2.89. The molecule has 1 atom stereocenters. The summed E-state index contributed by atoms with van der Waals surface area (Å²) < 4.78 is 12.0. The summed E-state index contributed by atoms with van der Waals surface area (Å²) in [6, 6.07) is 5.56. The molecule has 0 saturated heterocycles. The molecule has 1 aromatic rings. The number of carbonyl (C=O) groups excluding carboxylic acids is 1. The Morgan fingerprint density at radius 2 is 2.33 bits per heavy atom. The number of nitrogens with zero attached hydrogens (tertiary/aromatic N) is 1. The summed E-state index contributed by atoms with van der Waals surface area (Å²) in [6.07, 6.45) is 5.90. The Morgan fingerprint density at radius 3 is 3.00 bits per heavy atom. The van der Waals surface area contributed by atoms with Crippen molar-refractivity contribution in [2.75, 3.05) is 7.11 Å². The van der Waals surface area contributed by atoms with Crippen LogP contribution in [-0.2, 0) is 0 Å². The minimum atomic E-state index is -0.148. The van der Waals surface area contributed by atoms with Crippen LogP contribution in [0, 0.1) is 11.3 Å². The molecule has 0 unspecified atom stereocenters. The fraction of sp³-hybridized carbons (Fsp3) is 0.375. The molecular weight excluding hydrogens is 334 g/mol. The summed E-state index contributed by atoms with van der Waals surface area (Å²) in [6.45, 7) is 0. The smallest absolute Gasteiger partial charge is 0.176 e. The van der Waals surface area contributed by atoms with Gasteiger partial charge in [-0.15, -0.1) is 0 Å². The van der Waals surface area contributed by atoms with Gasteiger partial charge in [0.15, 0.2) is 17.8 Å². The third kappa shape index (κ3) is 3.45. The number of ether oxygens (including phenoxy) is 2. The van der Waals surface area contributed by atoms with Gasteiger partial charge < -0.3 is 9.47 Å². The van der Waals surface area contributed by atoms with Gasteiger partial charge in [0.2, 0.25) is 0 Å². The molecule has 0 saturated carbocycles. The molecule has 21 heavy (non-hydrogen) atoms. The van der Waals surface area contributed by atoms with Crippen LogP contribution in [0.4, 0.5) is 0 Å². The molecule has 0 fully saturated rings. The number of allylic oxidation sites excluding steroid dienone is 1. The molecular formula is C16H16BrNO3. The summed E-state index contributed by atoms with van der Waals surface area (Å²) in [5, 5.41) is 8.91. The van der Waals surface area contributed by atoms with E-state index < -0.39 is 0 Å². The predicted molar refractivity (Wildman–Crippen MR) is 82.7 cm³/mol. The zero-order chi connectivity index (χ0) is 15.2. The lowest BCUT2D eigenvalue weighted by molar-refractivity contribution is 0.112. The minimum Gasteiger partial charge on any atom is -0.493 e. The molecule has 0 aromatic heterocycles. The highest BCUT2D eigenvalue weighted by atomic mass is 79.9. The Morgan fingerprint density at radius 1 is 1.52 bits per heavy atom. The van der Waals surface area contributed by atoms with Crippen molar-refractivity contribution < 1.29 is 14.3 Å². The molecule has 0 aliphatic heterocycles. The molecule has 0 amide bonds. The molecule has 4 nitrogen and oxygen atoms in total. The van der Waals surface area contributed by atoms with E-state index in [1.165, 1.54) is 0 Å². The zero-order valence-electron chi connectivity index (χ0n) is 11.8. The van der Waals surface area contributed by atoms with Crippen molar-refractivity contribution in [2.45, 2.75) is 31.8 Å². The van der Waals surface area contributed by atoms with Crippen LogP contribution in [-0.4, -0.2) is 19.5 Å². The van der Waals surface area contributed by atoms with Crippen molar-refractivity contribution in [1.82, 2.24) is 0 Å². The van der Waals surface area contributed by atoms with Crippen molar-refractivity contribution in [2.24, 2.45) is 0 Å². The van der Waals surface area contributed by atoms with Gasteiger partial charge in [-0.3, -0.25) is 4.79 Å². The molecule has 1 aliphatic rings. The average molecular weight is 350 g/mol. The third-order valence-electron chi connectivity index (χ3n) is 3.47. The molecule has 0 spiro atoms. The third-order valence-corrected chi connectivity index (χ3v) is 4.29. The second-order valence-electron chi connectivity index (χ2n) is 4.77. The van der Waals surface area contributed by atoms with E-state index in [-0.39, 0.29) is 6.10 Å². The van der Waals surface area contributed by atoms with Gasteiger partial charge in [-0.25, -0.2) is 0 Å². The first-order valence-corrected chi connectivity index (χ1v) is 7.54. The number of methoxy groups -OCH3 is 1. The lowest BCUT2D eigenvalue weighted by Crippen LogP contribution is -2.22. The first-order valence-electron chi connectivity index (χ1n) is 6.75. The van der Waals surface area contributed by atoms with E-state index >= 15 is 0 Å². The highest BCUT2D eigenvalue weighted by Gasteiger charge is 2.23. The Balaban J connectivity index is 2.34. The van der Waals surface area contributed by atoms with Gasteiger partial charge in [0, 0.05) is 5.56 Å². The summed E-state index contributed by atoms with van der Waals surface area (Å²) in [7, 11) is 1.56. The van der Waals surface area contributed by atoms with Gasteiger partial charge >= 0.3 is 0 Å². The Labute approximate surface area is 132 Å². The monoisotopic (exact) mass is 349 g/mol. The maximum atomic E-state index is 11.1. The molecule has 2 rings (SSSR count). The number of halogens is 1. The molecule has 0 heterocycles. The lowest BCUT2D eigenvalue weighted by Gasteiger charge is -2.26. The van der Waals surface area contributed by atoms with Crippen LogP contribution in [0.1, 0.15) is 36.0 Å². The largest absolute Gasteiger partial charge is 0.493 e. The number of rotatable bonds is 5. The van der Waals surface area contributed by atoms with Gasteiger partial charge in [-0.1, -0.05) is 6.08 Å². The number of nitriles is 1. The molecule has 1 aromatic carbocycles. The van der Waals surface area contributed by atoms with Crippen molar-refractivity contribution in [3.05, 3.63) is 33.8 Å². The zero-order valence-corrected chi connectivity index (χ0v) is 13.4. The van der Waals surface area contributed by atoms with Crippen LogP contribution in [0.15, 0.2) is 28.3 Å². The SMILES string of the molecule is COc1ccc(C=O)c(Br)c1O[C@H]1CCCC=C1CC#N. The van der Waals surface area contributed by atoms with Gasteiger partial charge in [0.25, 0.3) is 0 Å². The van der Waals surface area contributed by atoms with E-state index in [9.17, 15) is 4.79 Å². The Hall–Kier alpha value is -1.80. The lowest BCUT2D eigenvalue weighted by atomic mass is 9.94. The van der Waals surface area contributed by atoms with Crippen LogP contribution in [0.25, 0.3) is 0 Å². The highest BCUT2D eigenvalue weighted by Crippen LogP contribution is 2.39. The first kappa shape index (κ1) is 15.6. The molecule has 0 radical (unpaired) electrons. The number of carbonyl (C=O) groups is 1. The quantitative estimate of drug-likeness (QED) is 0.594. The fourth-order valence-electron chi connectivity index (χ4n) is 2.38. The van der Waals surface area contributed by atoms with Crippen molar-refractivity contribution in [3.8, 4) is 17.6 Å². The normalized spacial score (nSPS) is 17.6. The number of benzene rings is 1. The average Bonchev–Trinajstić information content (AvgIpc) is 2.51. The van der Waals surface area contributed by atoms with E-state index in [1.54, 1.807) is 19.2 Å². The van der Waals surface area contributed by atoms with Crippen LogP contribution in [0.2, 0.25) is 0 Å². The Kier molecular flexibility index (Phi) is 5.40. The maximum Gasteiger partial charge on any atom is 0.176 e. The minimum absolute atomic E-state index is 0.148. The summed E-state index contributed by atoms with van der Waals surface area (Å²) in [5.74, 6) is 1.08. The summed E-state index contributed by atoms with van der Waals surface area (Å²) in [4.78, 5) is 11.1. The van der Waals surface area contributed by atoms with Crippen LogP contribution in [0.3, 0.4) is 0 Å². The molecule has 0 N–H and O–H groups in total. The number of hydrogen-bond acceptors (Lipinski definition) is 4. The first-order chi connectivity index (χ1) is 10.2.